The molecule has 0 fully saturated rings. The molecule has 3 heteroatoms. The summed E-state index contributed by atoms with van der Waals surface area (Å²) in [7, 11) is 0. The molecule has 2 nitrogen and oxygen atoms in total. The van der Waals surface area contributed by atoms with Crippen molar-refractivity contribution in [2.75, 3.05) is 5.32 Å². The van der Waals surface area contributed by atoms with Crippen LogP contribution in [0.4, 0.5) is 5.82 Å². The third-order valence-electron chi connectivity index (χ3n) is 3.02. The second kappa shape index (κ2) is 5.74. The zero-order valence-electron chi connectivity index (χ0n) is 11.6. The summed E-state index contributed by atoms with van der Waals surface area (Å²) in [4.78, 5) is 4.29. The van der Waals surface area contributed by atoms with Gasteiger partial charge in [-0.15, -0.1) is 0 Å². The van der Waals surface area contributed by atoms with Crippen LogP contribution < -0.4 is 5.32 Å². The molecule has 1 N–H and O–H groups in total. The number of hydrogen-bond donors (Lipinski definition) is 1. The highest BCUT2D eigenvalue weighted by atomic mass is 79.9. The zero-order valence-corrected chi connectivity index (χ0v) is 13.2. The minimum absolute atomic E-state index is 0.208. The van der Waals surface area contributed by atoms with Crippen LogP contribution in [0.1, 0.15) is 31.9 Å². The van der Waals surface area contributed by atoms with Crippen molar-refractivity contribution in [2.45, 2.75) is 32.7 Å². The zero-order chi connectivity index (χ0) is 13.9. The van der Waals surface area contributed by atoms with Crippen molar-refractivity contribution in [3.8, 4) is 0 Å². The number of benzene rings is 1. The first-order valence-corrected chi connectivity index (χ1v) is 7.19. The Morgan fingerprint density at radius 2 is 1.74 bits per heavy atom. The maximum absolute atomic E-state index is 4.29. The molecule has 0 saturated heterocycles. The fourth-order valence-corrected chi connectivity index (χ4v) is 2.03. The lowest BCUT2D eigenvalue weighted by Gasteiger charge is -2.19. The Morgan fingerprint density at radius 3 is 2.26 bits per heavy atom. The minimum Gasteiger partial charge on any atom is -0.366 e. The molecule has 0 atom stereocenters. The first-order chi connectivity index (χ1) is 8.95. The van der Waals surface area contributed by atoms with Gasteiger partial charge in [0, 0.05) is 17.2 Å². The molecule has 2 rings (SSSR count). The van der Waals surface area contributed by atoms with Gasteiger partial charge in [0.1, 0.15) is 5.82 Å². The van der Waals surface area contributed by atoms with E-state index in [1.807, 2.05) is 12.1 Å². The van der Waals surface area contributed by atoms with Gasteiger partial charge < -0.3 is 5.32 Å². The van der Waals surface area contributed by atoms with Gasteiger partial charge in [-0.05, 0) is 44.6 Å². The van der Waals surface area contributed by atoms with Crippen molar-refractivity contribution < 1.29 is 0 Å². The molecule has 0 spiro atoms. The van der Waals surface area contributed by atoms with E-state index in [9.17, 15) is 0 Å². The number of rotatable bonds is 3. The van der Waals surface area contributed by atoms with E-state index in [0.29, 0.717) is 0 Å². The fourth-order valence-electron chi connectivity index (χ4n) is 1.80. The van der Waals surface area contributed by atoms with Crippen molar-refractivity contribution >= 4 is 21.7 Å². The minimum atomic E-state index is 0.208. The lowest BCUT2D eigenvalue weighted by Crippen LogP contribution is -2.11. The monoisotopic (exact) mass is 318 g/mol. The summed E-state index contributed by atoms with van der Waals surface area (Å²) in [6.07, 6.45) is 1.80. The van der Waals surface area contributed by atoms with Crippen molar-refractivity contribution in [3.05, 3.63) is 58.2 Å². The normalized spacial score (nSPS) is 11.4. The highest BCUT2D eigenvalue weighted by Gasteiger charge is 2.12. The third kappa shape index (κ3) is 4.06. The Morgan fingerprint density at radius 1 is 1.05 bits per heavy atom. The summed E-state index contributed by atoms with van der Waals surface area (Å²) < 4.78 is 0.993. The molecule has 1 heterocycles. The van der Waals surface area contributed by atoms with E-state index in [-0.39, 0.29) is 5.41 Å². The largest absolute Gasteiger partial charge is 0.366 e. The van der Waals surface area contributed by atoms with Crippen molar-refractivity contribution in [1.29, 1.82) is 0 Å². The van der Waals surface area contributed by atoms with Crippen LogP contribution in [0, 0.1) is 0 Å². The van der Waals surface area contributed by atoms with Crippen molar-refractivity contribution in [3.63, 3.8) is 0 Å². The highest BCUT2D eigenvalue weighted by molar-refractivity contribution is 9.10. The lowest BCUT2D eigenvalue weighted by atomic mass is 9.87. The van der Waals surface area contributed by atoms with E-state index in [1.165, 1.54) is 11.1 Å². The van der Waals surface area contributed by atoms with Crippen LogP contribution in [0.2, 0.25) is 0 Å². The molecule has 0 unspecified atom stereocenters. The summed E-state index contributed by atoms with van der Waals surface area (Å²) in [5, 5.41) is 3.31. The molecule has 1 aromatic heterocycles. The van der Waals surface area contributed by atoms with Crippen LogP contribution in [0.25, 0.3) is 0 Å². The van der Waals surface area contributed by atoms with Gasteiger partial charge in [0.25, 0.3) is 0 Å². The van der Waals surface area contributed by atoms with Crippen molar-refractivity contribution in [2.24, 2.45) is 0 Å². The molecule has 0 aliphatic heterocycles. The molecular weight excluding hydrogens is 300 g/mol. The highest BCUT2D eigenvalue weighted by Crippen LogP contribution is 2.22. The quantitative estimate of drug-likeness (QED) is 0.883. The van der Waals surface area contributed by atoms with Gasteiger partial charge in [-0.2, -0.15) is 0 Å². The van der Waals surface area contributed by atoms with Crippen LogP contribution in [0.3, 0.4) is 0 Å². The first kappa shape index (κ1) is 14.1. The molecule has 0 saturated carbocycles. The average Bonchev–Trinajstić information content (AvgIpc) is 2.37. The molecule has 100 valence electrons. The van der Waals surface area contributed by atoms with Gasteiger partial charge in [0.15, 0.2) is 0 Å². The Labute approximate surface area is 123 Å². The summed E-state index contributed by atoms with van der Waals surface area (Å²) in [6, 6.07) is 12.7. The summed E-state index contributed by atoms with van der Waals surface area (Å²) in [5.41, 5.74) is 2.83. The fraction of sp³-hybridized carbons (Fsp3) is 0.312. The Kier molecular flexibility index (Phi) is 4.25. The molecule has 0 radical (unpaired) electrons. The predicted octanol–water partition coefficient (Wildman–Crippen LogP) is 4.75. The SMILES string of the molecule is CC(C)(C)c1ccc(CNc2ccc(Br)cn2)cc1. The van der Waals surface area contributed by atoms with Gasteiger partial charge in [-0.25, -0.2) is 4.98 Å². The number of aromatic nitrogens is 1. The Hall–Kier alpha value is -1.35. The standard InChI is InChI=1S/C16H19BrN2/c1-16(2,3)13-6-4-12(5-7-13)10-18-15-9-8-14(17)11-19-15/h4-9,11H,10H2,1-3H3,(H,18,19). The summed E-state index contributed by atoms with van der Waals surface area (Å²) in [5.74, 6) is 0.892. The van der Waals surface area contributed by atoms with Gasteiger partial charge >= 0.3 is 0 Å². The van der Waals surface area contributed by atoms with Crippen LogP contribution in [-0.2, 0) is 12.0 Å². The van der Waals surface area contributed by atoms with E-state index in [1.54, 1.807) is 6.20 Å². The molecule has 0 bridgehead atoms. The Bertz CT molecular complexity index is 524. The van der Waals surface area contributed by atoms with E-state index in [2.05, 4.69) is 71.3 Å². The van der Waals surface area contributed by atoms with Gasteiger partial charge in [0.2, 0.25) is 0 Å². The van der Waals surface area contributed by atoms with E-state index in [0.717, 1.165) is 16.8 Å². The maximum Gasteiger partial charge on any atom is 0.126 e. The van der Waals surface area contributed by atoms with Crippen LogP contribution in [0.5, 0.6) is 0 Å². The number of nitrogens with one attached hydrogen (secondary N) is 1. The molecule has 1 aromatic carbocycles. The topological polar surface area (TPSA) is 24.9 Å². The second-order valence-electron chi connectivity index (χ2n) is 5.66. The van der Waals surface area contributed by atoms with E-state index >= 15 is 0 Å². The maximum atomic E-state index is 4.29. The van der Waals surface area contributed by atoms with Gasteiger partial charge in [-0.3, -0.25) is 0 Å². The molecular formula is C16H19BrN2. The number of nitrogens with zero attached hydrogens (tertiary/aromatic N) is 1. The summed E-state index contributed by atoms with van der Waals surface area (Å²) >= 11 is 3.38. The first-order valence-electron chi connectivity index (χ1n) is 6.40. The molecule has 0 aliphatic rings. The van der Waals surface area contributed by atoms with Crippen molar-refractivity contribution in [1.82, 2.24) is 4.98 Å². The predicted molar refractivity (Wildman–Crippen MR) is 84.4 cm³/mol. The molecule has 0 aliphatic carbocycles. The number of halogens is 1. The third-order valence-corrected chi connectivity index (χ3v) is 3.49. The van der Waals surface area contributed by atoms with E-state index < -0.39 is 0 Å². The molecule has 19 heavy (non-hydrogen) atoms. The number of hydrogen-bond acceptors (Lipinski definition) is 2. The Balaban J connectivity index is 1.98. The van der Waals surface area contributed by atoms with Gasteiger partial charge in [0.05, 0.1) is 0 Å². The average molecular weight is 319 g/mol. The van der Waals surface area contributed by atoms with Crippen LogP contribution in [-0.4, -0.2) is 4.98 Å². The second-order valence-corrected chi connectivity index (χ2v) is 6.58. The van der Waals surface area contributed by atoms with Gasteiger partial charge in [-0.1, -0.05) is 45.0 Å². The number of pyridine rings is 1. The smallest absolute Gasteiger partial charge is 0.126 e. The van der Waals surface area contributed by atoms with Crippen LogP contribution >= 0.6 is 15.9 Å². The molecule has 2 aromatic rings. The lowest BCUT2D eigenvalue weighted by molar-refractivity contribution is 0.590. The van der Waals surface area contributed by atoms with E-state index in [4.69, 9.17) is 0 Å². The summed E-state index contributed by atoms with van der Waals surface area (Å²) in [6.45, 7) is 7.48. The van der Waals surface area contributed by atoms with Crippen LogP contribution in [0.15, 0.2) is 47.1 Å². The number of anilines is 1. The molecule has 0 amide bonds.